The molecule has 0 aliphatic heterocycles. The van der Waals surface area contributed by atoms with E-state index in [4.69, 9.17) is 5.73 Å². The molecule has 3 atom stereocenters. The van der Waals surface area contributed by atoms with Crippen LogP contribution in [0, 0.1) is 11.3 Å². The van der Waals surface area contributed by atoms with Crippen molar-refractivity contribution in [2.75, 3.05) is 7.05 Å². The average Bonchev–Trinajstić information content (AvgIpc) is 2.84. The van der Waals surface area contributed by atoms with E-state index in [1.807, 2.05) is 12.4 Å². The lowest BCUT2D eigenvalue weighted by Gasteiger charge is -2.45. The van der Waals surface area contributed by atoms with E-state index < -0.39 is 0 Å². The Hall–Kier alpha value is -0.870. The summed E-state index contributed by atoms with van der Waals surface area (Å²) in [6, 6.07) is 0.755. The van der Waals surface area contributed by atoms with E-state index in [1.54, 1.807) is 0 Å². The number of nitrogens with two attached hydrogens (primary N) is 1. The maximum absolute atomic E-state index is 6.42. The molecule has 1 aliphatic carbocycles. The molecule has 1 aliphatic rings. The third kappa shape index (κ3) is 3.67. The lowest BCUT2D eigenvalue weighted by Crippen LogP contribution is -2.51. The van der Waals surface area contributed by atoms with E-state index in [0.717, 1.165) is 24.7 Å². The minimum atomic E-state index is 0.291. The highest BCUT2D eigenvalue weighted by Gasteiger charge is 2.37. The zero-order chi connectivity index (χ0) is 15.6. The SMILES string of the molecule is CCC(C)(C)C1CCC(N)C(N(C)Cc2nccn2C)C1. The molecule has 0 saturated heterocycles. The Balaban J connectivity index is 2.04. The van der Waals surface area contributed by atoms with Gasteiger partial charge in [-0.15, -0.1) is 0 Å². The van der Waals surface area contributed by atoms with Crippen molar-refractivity contribution in [1.82, 2.24) is 14.5 Å². The fourth-order valence-electron chi connectivity index (χ4n) is 3.56. The minimum Gasteiger partial charge on any atom is -0.337 e. The van der Waals surface area contributed by atoms with Gasteiger partial charge in [-0.05, 0) is 37.6 Å². The Morgan fingerprint density at radius 3 is 2.71 bits per heavy atom. The smallest absolute Gasteiger partial charge is 0.122 e. The molecule has 0 bridgehead atoms. The van der Waals surface area contributed by atoms with E-state index in [9.17, 15) is 0 Å². The second-order valence-corrected chi connectivity index (χ2v) is 7.45. The number of likely N-dealkylation sites (N-methyl/N-ethyl adjacent to an activating group) is 1. The number of aryl methyl sites for hydroxylation is 1. The van der Waals surface area contributed by atoms with Crippen LogP contribution in [0.3, 0.4) is 0 Å². The molecule has 0 aromatic carbocycles. The van der Waals surface area contributed by atoms with Crippen LogP contribution in [0.25, 0.3) is 0 Å². The van der Waals surface area contributed by atoms with Crippen LogP contribution in [0.15, 0.2) is 12.4 Å². The van der Waals surface area contributed by atoms with Gasteiger partial charge in [-0.2, -0.15) is 0 Å². The summed E-state index contributed by atoms with van der Waals surface area (Å²) >= 11 is 0. The minimum absolute atomic E-state index is 0.291. The predicted molar refractivity (Wildman–Crippen MR) is 87.9 cm³/mol. The van der Waals surface area contributed by atoms with Crippen LogP contribution in [-0.4, -0.2) is 33.6 Å². The summed E-state index contributed by atoms with van der Waals surface area (Å²) in [5.74, 6) is 1.89. The molecule has 4 heteroatoms. The summed E-state index contributed by atoms with van der Waals surface area (Å²) in [6.07, 6.45) is 8.74. The van der Waals surface area contributed by atoms with E-state index in [0.29, 0.717) is 17.5 Å². The molecule has 1 heterocycles. The maximum atomic E-state index is 6.42. The first-order valence-electron chi connectivity index (χ1n) is 8.27. The van der Waals surface area contributed by atoms with Crippen LogP contribution in [-0.2, 0) is 13.6 Å². The van der Waals surface area contributed by atoms with Crippen LogP contribution in [0.4, 0.5) is 0 Å². The van der Waals surface area contributed by atoms with Crippen molar-refractivity contribution in [3.63, 3.8) is 0 Å². The Bertz CT molecular complexity index is 451. The number of aromatic nitrogens is 2. The first kappa shape index (κ1) is 16.5. The summed E-state index contributed by atoms with van der Waals surface area (Å²) in [6.45, 7) is 8.00. The monoisotopic (exact) mass is 292 g/mol. The van der Waals surface area contributed by atoms with Gasteiger partial charge >= 0.3 is 0 Å². The number of nitrogens with zero attached hydrogens (tertiary/aromatic N) is 3. The number of imidazole rings is 1. The first-order chi connectivity index (χ1) is 9.85. The quantitative estimate of drug-likeness (QED) is 0.908. The van der Waals surface area contributed by atoms with Gasteiger partial charge in [0.1, 0.15) is 5.82 Å². The number of hydrogen-bond donors (Lipinski definition) is 1. The maximum Gasteiger partial charge on any atom is 0.122 e. The van der Waals surface area contributed by atoms with Gasteiger partial charge in [0.2, 0.25) is 0 Å². The Morgan fingerprint density at radius 2 is 2.14 bits per heavy atom. The molecule has 2 rings (SSSR count). The van der Waals surface area contributed by atoms with Gasteiger partial charge in [-0.3, -0.25) is 4.90 Å². The van der Waals surface area contributed by atoms with E-state index in [2.05, 4.69) is 49.3 Å². The van der Waals surface area contributed by atoms with Crippen LogP contribution in [0.2, 0.25) is 0 Å². The number of rotatable bonds is 5. The third-order valence-corrected chi connectivity index (χ3v) is 5.76. The van der Waals surface area contributed by atoms with Crippen LogP contribution in [0.1, 0.15) is 52.3 Å². The molecular weight excluding hydrogens is 260 g/mol. The van der Waals surface area contributed by atoms with Gasteiger partial charge in [0.05, 0.1) is 6.54 Å². The molecule has 0 radical (unpaired) electrons. The topological polar surface area (TPSA) is 47.1 Å². The standard InChI is InChI=1S/C17H32N4/c1-6-17(2,3)13-7-8-14(18)15(11-13)21(5)12-16-19-9-10-20(16)4/h9-10,13-15H,6-8,11-12,18H2,1-5H3. The molecule has 120 valence electrons. The molecule has 1 saturated carbocycles. The highest BCUT2D eigenvalue weighted by molar-refractivity contribution is 4.96. The lowest BCUT2D eigenvalue weighted by atomic mass is 9.67. The van der Waals surface area contributed by atoms with Crippen molar-refractivity contribution in [1.29, 1.82) is 0 Å². The zero-order valence-electron chi connectivity index (χ0n) is 14.3. The normalized spacial score (nSPS) is 27.3. The van der Waals surface area contributed by atoms with Gasteiger partial charge in [-0.25, -0.2) is 4.98 Å². The lowest BCUT2D eigenvalue weighted by molar-refractivity contribution is 0.0682. The van der Waals surface area contributed by atoms with Crippen LogP contribution < -0.4 is 5.73 Å². The van der Waals surface area contributed by atoms with E-state index in [-0.39, 0.29) is 0 Å². The second kappa shape index (κ2) is 6.49. The summed E-state index contributed by atoms with van der Waals surface area (Å²) in [4.78, 5) is 6.85. The second-order valence-electron chi connectivity index (χ2n) is 7.45. The van der Waals surface area contributed by atoms with Gasteiger partial charge in [-0.1, -0.05) is 27.2 Å². The third-order valence-electron chi connectivity index (χ3n) is 5.76. The van der Waals surface area contributed by atoms with Gasteiger partial charge < -0.3 is 10.3 Å². The largest absolute Gasteiger partial charge is 0.337 e. The van der Waals surface area contributed by atoms with Crippen LogP contribution >= 0.6 is 0 Å². The molecule has 1 aromatic rings. The van der Waals surface area contributed by atoms with Crippen molar-refractivity contribution in [2.45, 2.75) is 65.1 Å². The van der Waals surface area contributed by atoms with Crippen molar-refractivity contribution in [3.05, 3.63) is 18.2 Å². The van der Waals surface area contributed by atoms with Crippen molar-refractivity contribution in [2.24, 2.45) is 24.1 Å². The van der Waals surface area contributed by atoms with Gasteiger partial charge in [0.15, 0.2) is 0 Å². The van der Waals surface area contributed by atoms with Crippen molar-refractivity contribution < 1.29 is 0 Å². The highest BCUT2D eigenvalue weighted by atomic mass is 15.2. The molecule has 2 N–H and O–H groups in total. The van der Waals surface area contributed by atoms with E-state index >= 15 is 0 Å². The van der Waals surface area contributed by atoms with Crippen molar-refractivity contribution >= 4 is 0 Å². The fraction of sp³-hybridized carbons (Fsp3) is 0.824. The highest BCUT2D eigenvalue weighted by Crippen LogP contribution is 2.41. The predicted octanol–water partition coefficient (Wildman–Crippen LogP) is 2.78. The average molecular weight is 292 g/mol. The van der Waals surface area contributed by atoms with E-state index in [1.165, 1.54) is 19.3 Å². The van der Waals surface area contributed by atoms with Gasteiger partial charge in [0, 0.05) is 31.5 Å². The molecule has 21 heavy (non-hydrogen) atoms. The Morgan fingerprint density at radius 1 is 1.43 bits per heavy atom. The Kier molecular flexibility index (Phi) is 5.10. The number of hydrogen-bond acceptors (Lipinski definition) is 3. The molecule has 1 fully saturated rings. The zero-order valence-corrected chi connectivity index (χ0v) is 14.3. The summed E-state index contributed by atoms with van der Waals surface area (Å²) in [7, 11) is 4.25. The molecule has 3 unspecified atom stereocenters. The molecule has 4 nitrogen and oxygen atoms in total. The Labute approximate surface area is 129 Å². The molecule has 0 amide bonds. The summed E-state index contributed by atoms with van der Waals surface area (Å²) < 4.78 is 2.10. The first-order valence-corrected chi connectivity index (χ1v) is 8.27. The van der Waals surface area contributed by atoms with Gasteiger partial charge in [0.25, 0.3) is 0 Å². The fourth-order valence-corrected chi connectivity index (χ4v) is 3.56. The summed E-state index contributed by atoms with van der Waals surface area (Å²) in [5.41, 5.74) is 6.84. The molecule has 0 spiro atoms. The molecular formula is C17H32N4. The summed E-state index contributed by atoms with van der Waals surface area (Å²) in [5, 5.41) is 0. The molecule has 1 aromatic heterocycles. The van der Waals surface area contributed by atoms with Crippen molar-refractivity contribution in [3.8, 4) is 0 Å². The van der Waals surface area contributed by atoms with Crippen LogP contribution in [0.5, 0.6) is 0 Å².